The van der Waals surface area contributed by atoms with Crippen LogP contribution >= 0.6 is 22.6 Å². The Bertz CT molecular complexity index is 665. The fourth-order valence-corrected chi connectivity index (χ4v) is 2.47. The molecule has 0 spiro atoms. The minimum atomic E-state index is -0.198. The largest absolute Gasteiger partial charge is 0.272 e. The molecule has 102 valence electrons. The zero-order valence-electron chi connectivity index (χ0n) is 11.4. The number of hydrogen-bond donors (Lipinski definition) is 1. The van der Waals surface area contributed by atoms with E-state index < -0.39 is 0 Å². The fraction of sp³-hybridized carbons (Fsp3) is 0.125. The summed E-state index contributed by atoms with van der Waals surface area (Å²) < 4.78 is 0.907. The molecule has 0 bridgehead atoms. The molecule has 0 saturated carbocycles. The Morgan fingerprint density at radius 3 is 2.65 bits per heavy atom. The van der Waals surface area contributed by atoms with Gasteiger partial charge in [-0.25, -0.2) is 5.43 Å². The van der Waals surface area contributed by atoms with Crippen LogP contribution in [0.4, 0.5) is 0 Å². The minimum Gasteiger partial charge on any atom is -0.267 e. The van der Waals surface area contributed by atoms with E-state index in [0.29, 0.717) is 5.56 Å². The van der Waals surface area contributed by atoms with Crippen molar-refractivity contribution in [2.24, 2.45) is 5.10 Å². The molecule has 2 aromatic rings. The number of hydrazone groups is 1. The van der Waals surface area contributed by atoms with Crippen molar-refractivity contribution in [3.8, 4) is 0 Å². The number of carbonyl (C=O) groups excluding carboxylic acids is 1. The summed E-state index contributed by atoms with van der Waals surface area (Å²) in [6.45, 7) is 4.07. The van der Waals surface area contributed by atoms with Crippen molar-refractivity contribution in [3.05, 3.63) is 68.3 Å². The topological polar surface area (TPSA) is 41.5 Å². The molecule has 0 atom stereocenters. The molecule has 0 aromatic heterocycles. The summed E-state index contributed by atoms with van der Waals surface area (Å²) in [5.41, 5.74) is 6.53. The lowest BCUT2D eigenvalue weighted by Gasteiger charge is -2.03. The van der Waals surface area contributed by atoms with Crippen LogP contribution in [0.15, 0.2) is 47.6 Å². The van der Waals surface area contributed by atoms with Gasteiger partial charge in [0.25, 0.3) is 5.91 Å². The molecule has 1 N–H and O–H groups in total. The van der Waals surface area contributed by atoms with Gasteiger partial charge < -0.3 is 0 Å². The number of rotatable bonds is 3. The van der Waals surface area contributed by atoms with Crippen LogP contribution in [0, 0.1) is 17.4 Å². The molecular formula is C16H15IN2O. The van der Waals surface area contributed by atoms with Gasteiger partial charge in [0.2, 0.25) is 0 Å². The predicted molar refractivity (Wildman–Crippen MR) is 90.1 cm³/mol. The lowest BCUT2D eigenvalue weighted by atomic mass is 10.1. The fourth-order valence-electron chi connectivity index (χ4n) is 1.84. The monoisotopic (exact) mass is 378 g/mol. The summed E-state index contributed by atoms with van der Waals surface area (Å²) in [5, 5.41) is 4.02. The van der Waals surface area contributed by atoms with E-state index in [4.69, 9.17) is 0 Å². The van der Waals surface area contributed by atoms with Gasteiger partial charge in [-0.2, -0.15) is 5.10 Å². The normalized spacial score (nSPS) is 10.8. The maximum absolute atomic E-state index is 12.0. The molecule has 2 rings (SSSR count). The van der Waals surface area contributed by atoms with E-state index in [1.54, 1.807) is 12.3 Å². The minimum absolute atomic E-state index is 0.198. The maximum atomic E-state index is 12.0. The second-order valence-electron chi connectivity index (χ2n) is 4.54. The first-order valence-electron chi connectivity index (χ1n) is 6.23. The summed E-state index contributed by atoms with van der Waals surface area (Å²) in [4.78, 5) is 12.0. The molecule has 0 fully saturated rings. The Morgan fingerprint density at radius 2 is 1.95 bits per heavy atom. The molecule has 0 aliphatic carbocycles. The Morgan fingerprint density at radius 1 is 1.20 bits per heavy atom. The Balaban J connectivity index is 2.07. The summed E-state index contributed by atoms with van der Waals surface area (Å²) >= 11 is 2.14. The number of hydrogen-bond acceptors (Lipinski definition) is 2. The maximum Gasteiger partial charge on any atom is 0.272 e. The first-order valence-corrected chi connectivity index (χ1v) is 7.31. The van der Waals surface area contributed by atoms with E-state index >= 15 is 0 Å². The van der Waals surface area contributed by atoms with E-state index in [9.17, 15) is 4.79 Å². The average Bonchev–Trinajstić information content (AvgIpc) is 2.41. The predicted octanol–water partition coefficient (Wildman–Crippen LogP) is 3.67. The van der Waals surface area contributed by atoms with Crippen molar-refractivity contribution >= 4 is 34.7 Å². The first-order chi connectivity index (χ1) is 9.58. The Hall–Kier alpha value is -1.69. The molecule has 0 heterocycles. The van der Waals surface area contributed by atoms with Crippen molar-refractivity contribution in [3.63, 3.8) is 0 Å². The number of nitrogens with zero attached hydrogens (tertiary/aromatic N) is 1. The van der Waals surface area contributed by atoms with E-state index in [-0.39, 0.29) is 5.91 Å². The molecule has 0 radical (unpaired) electrons. The molecule has 1 amide bonds. The van der Waals surface area contributed by atoms with E-state index in [0.717, 1.165) is 14.7 Å². The third-order valence-corrected chi connectivity index (χ3v) is 3.85. The highest BCUT2D eigenvalue weighted by Crippen LogP contribution is 2.11. The smallest absolute Gasteiger partial charge is 0.267 e. The molecule has 2 aromatic carbocycles. The number of amides is 1. The molecule has 0 saturated heterocycles. The van der Waals surface area contributed by atoms with Gasteiger partial charge in [0.05, 0.1) is 11.8 Å². The van der Waals surface area contributed by atoms with E-state index in [1.165, 1.54) is 5.56 Å². The van der Waals surface area contributed by atoms with Gasteiger partial charge in [-0.15, -0.1) is 0 Å². The zero-order valence-corrected chi connectivity index (χ0v) is 13.5. The van der Waals surface area contributed by atoms with Crippen LogP contribution in [0.25, 0.3) is 0 Å². The second-order valence-corrected chi connectivity index (χ2v) is 5.70. The van der Waals surface area contributed by atoms with Crippen LogP contribution in [0.2, 0.25) is 0 Å². The van der Waals surface area contributed by atoms with Crippen molar-refractivity contribution in [1.82, 2.24) is 5.43 Å². The van der Waals surface area contributed by atoms with E-state index in [1.807, 2.05) is 44.2 Å². The number of aryl methyl sites for hydroxylation is 2. The highest BCUT2D eigenvalue weighted by molar-refractivity contribution is 14.1. The lowest BCUT2D eigenvalue weighted by molar-refractivity contribution is 0.0954. The van der Waals surface area contributed by atoms with Gasteiger partial charge >= 0.3 is 0 Å². The first kappa shape index (κ1) is 14.7. The van der Waals surface area contributed by atoms with E-state index in [2.05, 4.69) is 39.2 Å². The number of carbonyl (C=O) groups is 1. The van der Waals surface area contributed by atoms with Gasteiger partial charge in [-0.05, 0) is 59.7 Å². The second kappa shape index (κ2) is 6.65. The molecule has 0 unspecified atom stereocenters. The molecular weight excluding hydrogens is 363 g/mol. The highest BCUT2D eigenvalue weighted by atomic mass is 127. The van der Waals surface area contributed by atoms with Crippen LogP contribution < -0.4 is 5.43 Å². The third kappa shape index (κ3) is 3.66. The highest BCUT2D eigenvalue weighted by Gasteiger charge is 2.07. The van der Waals surface area contributed by atoms with Crippen LogP contribution in [0.1, 0.15) is 27.0 Å². The summed E-state index contributed by atoms with van der Waals surface area (Å²) in [6, 6.07) is 13.5. The molecule has 20 heavy (non-hydrogen) atoms. The SMILES string of the molecule is Cc1ccc(C=NNC(=O)c2ccccc2I)c(C)c1. The van der Waals surface area contributed by atoms with Crippen LogP contribution in [0.3, 0.4) is 0 Å². The number of benzene rings is 2. The zero-order chi connectivity index (χ0) is 14.5. The van der Waals surface area contributed by atoms with Crippen molar-refractivity contribution in [2.75, 3.05) is 0 Å². The summed E-state index contributed by atoms with van der Waals surface area (Å²) in [7, 11) is 0. The van der Waals surface area contributed by atoms with Gasteiger partial charge in [-0.1, -0.05) is 35.9 Å². The van der Waals surface area contributed by atoms with Crippen molar-refractivity contribution < 1.29 is 4.79 Å². The molecule has 0 aliphatic heterocycles. The standard InChI is InChI=1S/C16H15IN2O/c1-11-7-8-13(12(2)9-11)10-18-19-16(20)14-5-3-4-6-15(14)17/h3-10H,1-2H3,(H,19,20). The number of nitrogens with one attached hydrogen (secondary N) is 1. The number of halogens is 1. The molecule has 4 heteroatoms. The summed E-state index contributed by atoms with van der Waals surface area (Å²) in [6.07, 6.45) is 1.67. The van der Waals surface area contributed by atoms with Gasteiger partial charge in [0.15, 0.2) is 0 Å². The Kier molecular flexibility index (Phi) is 4.89. The lowest BCUT2D eigenvalue weighted by Crippen LogP contribution is -2.18. The Labute approximate surface area is 132 Å². The van der Waals surface area contributed by atoms with Gasteiger partial charge in [0.1, 0.15) is 0 Å². The van der Waals surface area contributed by atoms with Crippen molar-refractivity contribution in [1.29, 1.82) is 0 Å². The molecule has 0 aliphatic rings. The van der Waals surface area contributed by atoms with Crippen molar-refractivity contribution in [2.45, 2.75) is 13.8 Å². The van der Waals surface area contributed by atoms with Gasteiger partial charge in [0, 0.05) is 3.57 Å². The molecule has 3 nitrogen and oxygen atoms in total. The van der Waals surface area contributed by atoms with Crippen LogP contribution in [-0.2, 0) is 0 Å². The third-order valence-electron chi connectivity index (χ3n) is 2.91. The quantitative estimate of drug-likeness (QED) is 0.494. The van der Waals surface area contributed by atoms with Crippen LogP contribution in [0.5, 0.6) is 0 Å². The summed E-state index contributed by atoms with van der Waals surface area (Å²) in [5.74, 6) is -0.198. The van der Waals surface area contributed by atoms with Gasteiger partial charge in [-0.3, -0.25) is 4.79 Å². The van der Waals surface area contributed by atoms with Crippen LogP contribution in [-0.4, -0.2) is 12.1 Å². The average molecular weight is 378 g/mol.